The van der Waals surface area contributed by atoms with Crippen LogP contribution in [0.15, 0.2) is 85.1 Å². The van der Waals surface area contributed by atoms with Gasteiger partial charge >= 0.3 is 0 Å². The third-order valence-electron chi connectivity index (χ3n) is 6.74. The normalized spacial score (nSPS) is 12.1. The number of nitrogens with zero attached hydrogens (tertiary/aromatic N) is 3. The van der Waals surface area contributed by atoms with Crippen LogP contribution in [0, 0.1) is 19.8 Å². The molecule has 1 atom stereocenters. The van der Waals surface area contributed by atoms with Crippen LogP contribution in [0.25, 0.3) is 11.3 Å². The monoisotopic (exact) mass is 494 g/mol. The number of nitrogens with two attached hydrogens (primary N) is 1. The Morgan fingerprint density at radius 3 is 2.14 bits per heavy atom. The minimum Gasteiger partial charge on any atom is -0.330 e. The van der Waals surface area contributed by atoms with Crippen molar-refractivity contribution in [2.24, 2.45) is 11.7 Å². The van der Waals surface area contributed by atoms with E-state index >= 15 is 0 Å². The fraction of sp³-hybridized carbons (Fsp3) is 0.312. The Morgan fingerprint density at radius 2 is 1.54 bits per heavy atom. The Morgan fingerprint density at radius 1 is 0.919 bits per heavy atom. The van der Waals surface area contributed by atoms with E-state index in [1.165, 1.54) is 11.1 Å². The van der Waals surface area contributed by atoms with Gasteiger partial charge in [0.15, 0.2) is 0 Å². The van der Waals surface area contributed by atoms with Crippen molar-refractivity contribution < 1.29 is 4.79 Å². The predicted octanol–water partition coefficient (Wildman–Crippen LogP) is 6.40. The quantitative estimate of drug-likeness (QED) is 0.277. The first kappa shape index (κ1) is 26.4. The minimum atomic E-state index is -0.205. The third-order valence-corrected chi connectivity index (χ3v) is 6.74. The highest BCUT2D eigenvalue weighted by Gasteiger charge is 2.32. The Balaban J connectivity index is 1.81. The van der Waals surface area contributed by atoms with Gasteiger partial charge in [0.2, 0.25) is 0 Å². The van der Waals surface area contributed by atoms with Gasteiger partial charge in [-0.1, -0.05) is 91.7 Å². The lowest BCUT2D eigenvalue weighted by Crippen LogP contribution is -2.40. The van der Waals surface area contributed by atoms with Crippen LogP contribution in [0.5, 0.6) is 0 Å². The lowest BCUT2D eigenvalue weighted by molar-refractivity contribution is 0.0604. The average molecular weight is 495 g/mol. The molecule has 5 nitrogen and oxygen atoms in total. The van der Waals surface area contributed by atoms with Crippen molar-refractivity contribution in [3.05, 3.63) is 113 Å². The standard InChI is InChI=1S/C32H38N4O/c1-23(2)30(36(20-8-19-33)32(37)28-17-13-25(4)14-18-28)31-34-29(27-9-6-5-7-10-27)22-35(31)21-26-15-11-24(3)12-16-26/h5-7,9-18,22-23,30H,8,19-21,33H2,1-4H3/t30-/m1/s1. The molecule has 0 aliphatic heterocycles. The number of imidazole rings is 1. The molecule has 0 spiro atoms. The van der Waals surface area contributed by atoms with Gasteiger partial charge in [-0.25, -0.2) is 4.98 Å². The number of amides is 1. The Hall–Kier alpha value is -3.70. The van der Waals surface area contributed by atoms with E-state index in [0.29, 0.717) is 25.2 Å². The summed E-state index contributed by atoms with van der Waals surface area (Å²) in [4.78, 5) is 21.1. The number of aryl methyl sites for hydroxylation is 2. The number of aromatic nitrogens is 2. The molecule has 0 saturated heterocycles. The maximum atomic E-state index is 13.9. The molecule has 4 rings (SSSR count). The summed E-state index contributed by atoms with van der Waals surface area (Å²) >= 11 is 0. The molecule has 192 valence electrons. The summed E-state index contributed by atoms with van der Waals surface area (Å²) in [6.45, 7) is 10.2. The fourth-order valence-corrected chi connectivity index (χ4v) is 4.72. The van der Waals surface area contributed by atoms with E-state index in [-0.39, 0.29) is 17.9 Å². The number of hydrogen-bond acceptors (Lipinski definition) is 3. The van der Waals surface area contributed by atoms with E-state index in [1.54, 1.807) is 0 Å². The molecule has 0 bridgehead atoms. The van der Waals surface area contributed by atoms with Gasteiger partial charge < -0.3 is 15.2 Å². The molecule has 5 heteroatoms. The van der Waals surface area contributed by atoms with E-state index in [1.807, 2.05) is 54.3 Å². The van der Waals surface area contributed by atoms with Crippen LogP contribution < -0.4 is 5.73 Å². The van der Waals surface area contributed by atoms with Crippen LogP contribution in [0.2, 0.25) is 0 Å². The maximum absolute atomic E-state index is 13.9. The van der Waals surface area contributed by atoms with Gasteiger partial charge in [-0.3, -0.25) is 4.79 Å². The first-order valence-corrected chi connectivity index (χ1v) is 13.1. The second kappa shape index (κ2) is 12.0. The second-order valence-corrected chi connectivity index (χ2v) is 10.2. The average Bonchev–Trinajstić information content (AvgIpc) is 3.31. The zero-order chi connectivity index (χ0) is 26.4. The molecule has 0 saturated carbocycles. The molecule has 3 aromatic carbocycles. The number of rotatable bonds is 10. The first-order chi connectivity index (χ1) is 17.9. The van der Waals surface area contributed by atoms with Crippen LogP contribution in [-0.4, -0.2) is 33.4 Å². The lowest BCUT2D eigenvalue weighted by atomic mass is 9.99. The summed E-state index contributed by atoms with van der Waals surface area (Å²) in [7, 11) is 0. The zero-order valence-corrected chi connectivity index (χ0v) is 22.4. The molecule has 0 aliphatic rings. The highest BCUT2D eigenvalue weighted by Crippen LogP contribution is 2.32. The van der Waals surface area contributed by atoms with Crippen molar-refractivity contribution in [2.45, 2.75) is 46.7 Å². The Kier molecular flexibility index (Phi) is 8.57. The summed E-state index contributed by atoms with van der Waals surface area (Å²) in [5.41, 5.74) is 12.1. The van der Waals surface area contributed by atoms with E-state index in [4.69, 9.17) is 10.7 Å². The highest BCUT2D eigenvalue weighted by molar-refractivity contribution is 5.94. The van der Waals surface area contributed by atoms with Crippen molar-refractivity contribution in [3.63, 3.8) is 0 Å². The van der Waals surface area contributed by atoms with Gasteiger partial charge in [0.05, 0.1) is 11.7 Å². The topological polar surface area (TPSA) is 64.2 Å². The van der Waals surface area contributed by atoms with E-state index in [9.17, 15) is 4.79 Å². The van der Waals surface area contributed by atoms with Gasteiger partial charge in [-0.2, -0.15) is 0 Å². The van der Waals surface area contributed by atoms with Crippen molar-refractivity contribution in [3.8, 4) is 11.3 Å². The molecule has 0 radical (unpaired) electrons. The second-order valence-electron chi connectivity index (χ2n) is 10.2. The first-order valence-electron chi connectivity index (χ1n) is 13.1. The van der Waals surface area contributed by atoms with Crippen LogP contribution in [0.4, 0.5) is 0 Å². The van der Waals surface area contributed by atoms with Crippen molar-refractivity contribution in [1.82, 2.24) is 14.5 Å². The number of carbonyl (C=O) groups is 1. The molecule has 1 amide bonds. The maximum Gasteiger partial charge on any atom is 0.254 e. The molecule has 0 fully saturated rings. The summed E-state index contributed by atoms with van der Waals surface area (Å²) in [5.74, 6) is 1.06. The van der Waals surface area contributed by atoms with E-state index < -0.39 is 0 Å². The van der Waals surface area contributed by atoms with Gasteiger partial charge in [0, 0.05) is 30.4 Å². The summed E-state index contributed by atoms with van der Waals surface area (Å²) in [6, 6.07) is 26.4. The number of hydrogen-bond donors (Lipinski definition) is 1. The van der Waals surface area contributed by atoms with E-state index in [2.05, 4.69) is 67.9 Å². The molecule has 0 aliphatic carbocycles. The lowest BCUT2D eigenvalue weighted by Gasteiger charge is -2.34. The molecule has 2 N–H and O–H groups in total. The summed E-state index contributed by atoms with van der Waals surface area (Å²) < 4.78 is 2.22. The van der Waals surface area contributed by atoms with Gasteiger partial charge in [-0.05, 0) is 50.4 Å². The number of benzene rings is 3. The largest absolute Gasteiger partial charge is 0.330 e. The zero-order valence-electron chi connectivity index (χ0n) is 22.4. The molecule has 1 heterocycles. The van der Waals surface area contributed by atoms with Crippen LogP contribution in [0.3, 0.4) is 0 Å². The van der Waals surface area contributed by atoms with Crippen LogP contribution >= 0.6 is 0 Å². The fourth-order valence-electron chi connectivity index (χ4n) is 4.72. The number of carbonyl (C=O) groups excluding carboxylic acids is 1. The third kappa shape index (κ3) is 6.36. The minimum absolute atomic E-state index is 0.0123. The molecule has 4 aromatic rings. The Labute approximate surface area is 221 Å². The summed E-state index contributed by atoms with van der Waals surface area (Å²) in [5, 5.41) is 0. The molecular formula is C32H38N4O. The summed E-state index contributed by atoms with van der Waals surface area (Å²) in [6.07, 6.45) is 2.85. The molecule has 37 heavy (non-hydrogen) atoms. The van der Waals surface area contributed by atoms with Crippen molar-refractivity contribution in [1.29, 1.82) is 0 Å². The van der Waals surface area contributed by atoms with Crippen LogP contribution in [-0.2, 0) is 6.54 Å². The van der Waals surface area contributed by atoms with Crippen LogP contribution in [0.1, 0.15) is 59.2 Å². The predicted molar refractivity (Wildman–Crippen MR) is 151 cm³/mol. The van der Waals surface area contributed by atoms with Crippen molar-refractivity contribution in [2.75, 3.05) is 13.1 Å². The SMILES string of the molecule is Cc1ccc(Cn2cc(-c3ccccc3)nc2[C@@H](C(C)C)N(CCCN)C(=O)c2ccc(C)cc2)cc1. The van der Waals surface area contributed by atoms with Gasteiger partial charge in [0.1, 0.15) is 5.82 Å². The molecular weight excluding hydrogens is 456 g/mol. The van der Waals surface area contributed by atoms with Gasteiger partial charge in [0.25, 0.3) is 5.91 Å². The van der Waals surface area contributed by atoms with Crippen molar-refractivity contribution >= 4 is 5.91 Å². The van der Waals surface area contributed by atoms with Gasteiger partial charge in [-0.15, -0.1) is 0 Å². The molecule has 0 unspecified atom stereocenters. The van der Waals surface area contributed by atoms with E-state index in [0.717, 1.165) is 29.1 Å². The highest BCUT2D eigenvalue weighted by atomic mass is 16.2. The Bertz CT molecular complexity index is 1290. The molecule has 1 aromatic heterocycles. The smallest absolute Gasteiger partial charge is 0.254 e.